The van der Waals surface area contributed by atoms with Gasteiger partial charge in [-0.1, -0.05) is 0 Å². The Bertz CT molecular complexity index is 631. The summed E-state index contributed by atoms with van der Waals surface area (Å²) in [7, 11) is 0. The quantitative estimate of drug-likeness (QED) is 0.792. The van der Waals surface area contributed by atoms with Gasteiger partial charge >= 0.3 is 0 Å². The number of pyridine rings is 1. The average molecular weight is 335 g/mol. The van der Waals surface area contributed by atoms with Crippen molar-refractivity contribution in [2.24, 2.45) is 0 Å². The van der Waals surface area contributed by atoms with E-state index in [2.05, 4.69) is 20.9 Å². The van der Waals surface area contributed by atoms with Gasteiger partial charge in [0.05, 0.1) is 10.0 Å². The second-order valence-corrected chi connectivity index (χ2v) is 6.07. The Balaban J connectivity index is 2.09. The molecule has 1 aromatic rings. The van der Waals surface area contributed by atoms with Crippen molar-refractivity contribution < 1.29 is 9.59 Å². The summed E-state index contributed by atoms with van der Waals surface area (Å²) < 4.78 is 0.355. The lowest BCUT2D eigenvalue weighted by Crippen LogP contribution is -2.36. The zero-order chi connectivity index (χ0) is 14.3. The Hall–Kier alpha value is -1.49. The van der Waals surface area contributed by atoms with Crippen molar-refractivity contribution in [1.82, 2.24) is 9.88 Å². The van der Waals surface area contributed by atoms with Gasteiger partial charge in [-0.3, -0.25) is 14.6 Å². The highest BCUT2D eigenvalue weighted by Gasteiger charge is 2.35. The summed E-state index contributed by atoms with van der Waals surface area (Å²) in [5.41, 5.74) is 2.09. The van der Waals surface area contributed by atoms with Gasteiger partial charge < -0.3 is 4.90 Å². The Labute approximate surface area is 126 Å². The molecule has 3 rings (SSSR count). The number of aryl methyl sites for hydroxylation is 1. The van der Waals surface area contributed by atoms with Gasteiger partial charge in [0.25, 0.3) is 0 Å². The Morgan fingerprint density at radius 1 is 1.15 bits per heavy atom. The van der Waals surface area contributed by atoms with E-state index in [0.29, 0.717) is 15.7 Å². The molecule has 104 valence electrons. The van der Waals surface area contributed by atoms with Crippen LogP contribution in [-0.2, 0) is 0 Å². The average Bonchev–Trinajstić information content (AvgIpc) is 2.46. The van der Waals surface area contributed by atoms with Crippen molar-refractivity contribution in [2.75, 3.05) is 13.1 Å². The second kappa shape index (κ2) is 5.13. The SMILES string of the molecule is Cc1cnc2c(c1)C(=O)C(N1CCCCC1)=C(Br)C2=O. The number of carbonyl (C=O) groups is 2. The fourth-order valence-corrected chi connectivity index (χ4v) is 3.38. The number of piperidine rings is 1. The number of halogens is 1. The fraction of sp³-hybridized carbons (Fsp3) is 0.400. The van der Waals surface area contributed by atoms with Crippen LogP contribution in [0.15, 0.2) is 22.4 Å². The minimum Gasteiger partial charge on any atom is -0.367 e. The van der Waals surface area contributed by atoms with E-state index in [9.17, 15) is 9.59 Å². The Kier molecular flexibility index (Phi) is 3.46. The molecule has 1 aliphatic heterocycles. The molecule has 5 heteroatoms. The van der Waals surface area contributed by atoms with Crippen molar-refractivity contribution in [1.29, 1.82) is 0 Å². The van der Waals surface area contributed by atoms with Gasteiger partial charge in [0.2, 0.25) is 11.6 Å². The molecule has 0 radical (unpaired) electrons. The third kappa shape index (κ3) is 2.10. The fourth-order valence-electron chi connectivity index (χ4n) is 2.76. The first-order chi connectivity index (χ1) is 9.59. The lowest BCUT2D eigenvalue weighted by atomic mass is 9.94. The van der Waals surface area contributed by atoms with Gasteiger partial charge in [-0.25, -0.2) is 0 Å². The predicted molar refractivity (Wildman–Crippen MR) is 79.0 cm³/mol. The molecule has 0 atom stereocenters. The standard InChI is InChI=1S/C15H15BrN2O2/c1-9-7-10-12(17-8-9)15(20)11(16)13(14(10)19)18-5-3-2-4-6-18/h7-8H,2-6H2,1H3. The monoisotopic (exact) mass is 334 g/mol. The van der Waals surface area contributed by atoms with Crippen LogP contribution in [0, 0.1) is 6.92 Å². The molecule has 1 aromatic heterocycles. The molecule has 0 aromatic carbocycles. The molecule has 0 amide bonds. The number of allylic oxidation sites excluding steroid dienone is 2. The highest BCUT2D eigenvalue weighted by atomic mass is 79.9. The number of carbonyl (C=O) groups excluding carboxylic acids is 2. The number of hydrogen-bond donors (Lipinski definition) is 0. The number of aromatic nitrogens is 1. The van der Waals surface area contributed by atoms with E-state index >= 15 is 0 Å². The number of ketones is 2. The predicted octanol–water partition coefficient (Wildman–Crippen LogP) is 2.86. The third-order valence-electron chi connectivity index (χ3n) is 3.78. The van der Waals surface area contributed by atoms with Gasteiger partial charge in [0, 0.05) is 19.3 Å². The van der Waals surface area contributed by atoms with E-state index in [1.807, 2.05) is 11.8 Å². The summed E-state index contributed by atoms with van der Waals surface area (Å²) in [6, 6.07) is 1.76. The number of nitrogens with zero attached hydrogens (tertiary/aromatic N) is 2. The van der Waals surface area contributed by atoms with Gasteiger partial charge in [0.1, 0.15) is 11.4 Å². The van der Waals surface area contributed by atoms with Crippen molar-refractivity contribution in [3.05, 3.63) is 39.3 Å². The van der Waals surface area contributed by atoms with Crippen LogP contribution in [0.5, 0.6) is 0 Å². The minimum atomic E-state index is -0.194. The Morgan fingerprint density at radius 3 is 2.55 bits per heavy atom. The molecule has 0 saturated carbocycles. The molecule has 1 aliphatic carbocycles. The lowest BCUT2D eigenvalue weighted by molar-refractivity contribution is 0.0938. The zero-order valence-corrected chi connectivity index (χ0v) is 12.9. The van der Waals surface area contributed by atoms with Gasteiger partial charge in [-0.15, -0.1) is 0 Å². The van der Waals surface area contributed by atoms with Crippen molar-refractivity contribution >= 4 is 27.5 Å². The summed E-state index contributed by atoms with van der Waals surface area (Å²) in [6.07, 6.45) is 4.92. The number of Topliss-reactive ketones (excluding diaryl/α,β-unsaturated/α-hetero) is 2. The van der Waals surface area contributed by atoms with Crippen LogP contribution < -0.4 is 0 Å². The third-order valence-corrected chi connectivity index (χ3v) is 4.51. The van der Waals surface area contributed by atoms with Gasteiger partial charge in [-0.2, -0.15) is 0 Å². The molecule has 1 fully saturated rings. The summed E-state index contributed by atoms with van der Waals surface area (Å²) in [4.78, 5) is 31.2. The molecule has 0 unspecified atom stereocenters. The molecule has 4 nitrogen and oxygen atoms in total. The van der Waals surface area contributed by atoms with Crippen LogP contribution in [0.25, 0.3) is 0 Å². The van der Waals surface area contributed by atoms with Crippen LogP contribution in [-0.4, -0.2) is 34.5 Å². The number of fused-ring (bicyclic) bond motifs is 1. The van der Waals surface area contributed by atoms with Gasteiger partial charge in [0.15, 0.2) is 0 Å². The molecule has 0 N–H and O–H groups in total. The van der Waals surface area contributed by atoms with Crippen LogP contribution in [0.2, 0.25) is 0 Å². The van der Waals surface area contributed by atoms with E-state index < -0.39 is 0 Å². The van der Waals surface area contributed by atoms with E-state index in [1.54, 1.807) is 12.3 Å². The lowest BCUT2D eigenvalue weighted by Gasteiger charge is -2.32. The smallest absolute Gasteiger partial charge is 0.221 e. The molecular weight excluding hydrogens is 320 g/mol. The van der Waals surface area contributed by atoms with Crippen molar-refractivity contribution in [3.63, 3.8) is 0 Å². The first-order valence-electron chi connectivity index (χ1n) is 6.80. The summed E-state index contributed by atoms with van der Waals surface area (Å²) in [5.74, 6) is -0.287. The molecule has 0 bridgehead atoms. The first-order valence-corrected chi connectivity index (χ1v) is 7.59. The van der Waals surface area contributed by atoms with Crippen LogP contribution >= 0.6 is 15.9 Å². The zero-order valence-electron chi connectivity index (χ0n) is 11.3. The number of likely N-dealkylation sites (tertiary alicyclic amines) is 1. The summed E-state index contributed by atoms with van der Waals surface area (Å²) in [6.45, 7) is 3.54. The molecule has 0 spiro atoms. The maximum Gasteiger partial charge on any atom is 0.221 e. The largest absolute Gasteiger partial charge is 0.367 e. The highest BCUT2D eigenvalue weighted by Crippen LogP contribution is 2.32. The van der Waals surface area contributed by atoms with E-state index in [1.165, 1.54) is 6.42 Å². The van der Waals surface area contributed by atoms with Crippen LogP contribution in [0.3, 0.4) is 0 Å². The number of hydrogen-bond acceptors (Lipinski definition) is 4. The maximum absolute atomic E-state index is 12.7. The summed E-state index contributed by atoms with van der Waals surface area (Å²) in [5, 5.41) is 0. The van der Waals surface area contributed by atoms with E-state index in [4.69, 9.17) is 0 Å². The molecular formula is C15H15BrN2O2. The summed E-state index contributed by atoms with van der Waals surface area (Å²) >= 11 is 3.31. The normalized spacial score (nSPS) is 19.4. The van der Waals surface area contributed by atoms with E-state index in [-0.39, 0.29) is 17.3 Å². The molecule has 2 heterocycles. The first kappa shape index (κ1) is 13.5. The van der Waals surface area contributed by atoms with Crippen LogP contribution in [0.1, 0.15) is 45.7 Å². The topological polar surface area (TPSA) is 50.3 Å². The Morgan fingerprint density at radius 2 is 1.85 bits per heavy atom. The second-order valence-electron chi connectivity index (χ2n) is 5.28. The van der Waals surface area contributed by atoms with Gasteiger partial charge in [-0.05, 0) is 53.7 Å². The number of rotatable bonds is 1. The maximum atomic E-state index is 12.7. The molecule has 20 heavy (non-hydrogen) atoms. The van der Waals surface area contributed by atoms with Crippen molar-refractivity contribution in [2.45, 2.75) is 26.2 Å². The molecule has 1 saturated heterocycles. The van der Waals surface area contributed by atoms with E-state index in [0.717, 1.165) is 31.5 Å². The van der Waals surface area contributed by atoms with Crippen LogP contribution in [0.4, 0.5) is 0 Å². The highest BCUT2D eigenvalue weighted by molar-refractivity contribution is 9.12. The van der Waals surface area contributed by atoms with Crippen molar-refractivity contribution in [3.8, 4) is 0 Å². The molecule has 2 aliphatic rings. The minimum absolute atomic E-state index is 0.0930.